The molecule has 2 aromatic carbocycles. The molecule has 0 saturated carbocycles. The first-order valence-corrected chi connectivity index (χ1v) is 10.0. The van der Waals surface area contributed by atoms with Gasteiger partial charge in [0.1, 0.15) is 23.3 Å². The summed E-state index contributed by atoms with van der Waals surface area (Å²) in [6, 6.07) is 12.3. The molecule has 1 heterocycles. The Morgan fingerprint density at radius 1 is 1.03 bits per heavy atom. The van der Waals surface area contributed by atoms with Gasteiger partial charge in [0, 0.05) is 6.07 Å². The van der Waals surface area contributed by atoms with Gasteiger partial charge in [0.05, 0.1) is 12.0 Å². The Morgan fingerprint density at radius 3 is 2.40 bits per heavy atom. The molecule has 0 aliphatic carbocycles. The van der Waals surface area contributed by atoms with Gasteiger partial charge in [-0.05, 0) is 49.1 Å². The third kappa shape index (κ3) is 5.20. The highest BCUT2D eigenvalue weighted by atomic mass is 16.6. The van der Waals surface area contributed by atoms with Crippen molar-refractivity contribution in [3.63, 3.8) is 0 Å². The Hall–Kier alpha value is -3.28. The van der Waals surface area contributed by atoms with Gasteiger partial charge in [0.25, 0.3) is 0 Å². The van der Waals surface area contributed by atoms with E-state index in [-0.39, 0.29) is 17.1 Å². The zero-order valence-electron chi connectivity index (χ0n) is 17.6. The van der Waals surface area contributed by atoms with E-state index in [4.69, 9.17) is 18.6 Å². The highest BCUT2D eigenvalue weighted by Gasteiger charge is 2.18. The minimum atomic E-state index is -0.776. The summed E-state index contributed by atoms with van der Waals surface area (Å²) in [6.07, 6.45) is 1.43. The summed E-state index contributed by atoms with van der Waals surface area (Å²) in [6.45, 7) is 7.94. The van der Waals surface area contributed by atoms with Crippen LogP contribution in [0.4, 0.5) is 0 Å². The highest BCUT2D eigenvalue weighted by Crippen LogP contribution is 2.25. The first kappa shape index (κ1) is 21.4. The number of hydrogen-bond donors (Lipinski definition) is 0. The third-order valence-corrected chi connectivity index (χ3v) is 4.48. The number of hydrogen-bond acceptors (Lipinski definition) is 6. The Bertz CT molecular complexity index is 1070. The van der Waals surface area contributed by atoms with Crippen molar-refractivity contribution in [3.05, 3.63) is 64.5 Å². The molecule has 0 N–H and O–H groups in total. The van der Waals surface area contributed by atoms with E-state index < -0.39 is 12.1 Å². The Balaban J connectivity index is 1.75. The molecule has 0 aliphatic heterocycles. The maximum atomic E-state index is 12.7. The molecule has 1 aromatic heterocycles. The van der Waals surface area contributed by atoms with Crippen LogP contribution < -0.4 is 14.9 Å². The summed E-state index contributed by atoms with van der Waals surface area (Å²) >= 11 is 0. The maximum Gasteiger partial charge on any atom is 0.347 e. The van der Waals surface area contributed by atoms with Gasteiger partial charge in [-0.1, -0.05) is 32.9 Å². The van der Waals surface area contributed by atoms with Crippen LogP contribution in [0.25, 0.3) is 11.0 Å². The molecule has 0 saturated heterocycles. The molecule has 0 fully saturated rings. The number of fused-ring (bicyclic) bond motifs is 1. The summed E-state index contributed by atoms with van der Waals surface area (Å²) < 4.78 is 22.1. The van der Waals surface area contributed by atoms with Gasteiger partial charge in [0.15, 0.2) is 6.10 Å². The summed E-state index contributed by atoms with van der Waals surface area (Å²) in [5, 5.41) is 0.361. The van der Waals surface area contributed by atoms with Crippen molar-refractivity contribution < 1.29 is 23.4 Å². The van der Waals surface area contributed by atoms with Gasteiger partial charge >= 0.3 is 5.97 Å². The van der Waals surface area contributed by atoms with Crippen molar-refractivity contribution in [2.24, 2.45) is 5.92 Å². The van der Waals surface area contributed by atoms with E-state index in [1.807, 2.05) is 38.1 Å². The second-order valence-electron chi connectivity index (χ2n) is 7.47. The summed E-state index contributed by atoms with van der Waals surface area (Å²) in [7, 11) is 0. The number of rotatable bonds is 8. The molecule has 6 nitrogen and oxygen atoms in total. The van der Waals surface area contributed by atoms with Crippen LogP contribution in [0.5, 0.6) is 17.2 Å². The van der Waals surface area contributed by atoms with Gasteiger partial charge in [-0.3, -0.25) is 4.79 Å². The average molecular weight is 410 g/mol. The second-order valence-corrected chi connectivity index (χ2v) is 7.47. The molecule has 30 heavy (non-hydrogen) atoms. The van der Waals surface area contributed by atoms with Gasteiger partial charge in [-0.2, -0.15) is 0 Å². The fourth-order valence-electron chi connectivity index (χ4n) is 2.77. The first-order valence-electron chi connectivity index (χ1n) is 10.0. The summed E-state index contributed by atoms with van der Waals surface area (Å²) in [5.41, 5.74) is 1.24. The molecule has 0 amide bonds. The lowest BCUT2D eigenvalue weighted by molar-refractivity contribution is -0.152. The van der Waals surface area contributed by atoms with Crippen LogP contribution in [0.3, 0.4) is 0 Å². The highest BCUT2D eigenvalue weighted by molar-refractivity contribution is 5.79. The zero-order valence-corrected chi connectivity index (χ0v) is 17.6. The number of ether oxygens (including phenoxy) is 3. The summed E-state index contributed by atoms with van der Waals surface area (Å²) in [4.78, 5) is 24.7. The van der Waals surface area contributed by atoms with E-state index in [0.29, 0.717) is 29.1 Å². The SMILES string of the molecule is CCc1ccc(Oc2coc3cc(O[C@@H](C)C(=O)OCC(C)C)ccc3c2=O)cc1. The quantitative estimate of drug-likeness (QED) is 0.480. The van der Waals surface area contributed by atoms with Crippen LogP contribution in [-0.2, 0) is 16.0 Å². The Morgan fingerprint density at radius 2 is 1.73 bits per heavy atom. The van der Waals surface area contributed by atoms with Gasteiger partial charge in [0.2, 0.25) is 11.2 Å². The minimum Gasteiger partial charge on any atom is -0.479 e. The number of aryl methyl sites for hydroxylation is 1. The van der Waals surface area contributed by atoms with E-state index in [1.54, 1.807) is 25.1 Å². The number of carbonyl (C=O) groups is 1. The molecule has 1 atom stereocenters. The van der Waals surface area contributed by atoms with E-state index in [2.05, 4.69) is 6.92 Å². The van der Waals surface area contributed by atoms with Crippen LogP contribution in [0.15, 0.2) is 57.9 Å². The van der Waals surface area contributed by atoms with Crippen molar-refractivity contribution >= 4 is 16.9 Å². The molecule has 6 heteroatoms. The molecular weight excluding hydrogens is 384 g/mol. The number of carbonyl (C=O) groups excluding carboxylic acids is 1. The number of benzene rings is 2. The van der Waals surface area contributed by atoms with Crippen LogP contribution in [0.2, 0.25) is 0 Å². The number of esters is 1. The third-order valence-electron chi connectivity index (χ3n) is 4.48. The lowest BCUT2D eigenvalue weighted by atomic mass is 10.2. The van der Waals surface area contributed by atoms with E-state index >= 15 is 0 Å². The van der Waals surface area contributed by atoms with E-state index in [9.17, 15) is 9.59 Å². The molecule has 0 radical (unpaired) electrons. The normalized spacial score (nSPS) is 12.0. The first-order chi connectivity index (χ1) is 14.4. The van der Waals surface area contributed by atoms with E-state index in [1.165, 1.54) is 11.8 Å². The van der Waals surface area contributed by atoms with Gasteiger partial charge < -0.3 is 18.6 Å². The molecule has 0 spiro atoms. The lowest BCUT2D eigenvalue weighted by Crippen LogP contribution is -2.27. The van der Waals surface area contributed by atoms with Crippen LogP contribution >= 0.6 is 0 Å². The van der Waals surface area contributed by atoms with Crippen molar-refractivity contribution in [3.8, 4) is 17.2 Å². The Kier molecular flexibility index (Phi) is 6.77. The van der Waals surface area contributed by atoms with Crippen LogP contribution in [0.1, 0.15) is 33.3 Å². The lowest BCUT2D eigenvalue weighted by Gasteiger charge is -2.15. The molecule has 3 aromatic rings. The zero-order chi connectivity index (χ0) is 21.7. The van der Waals surface area contributed by atoms with Crippen LogP contribution in [0, 0.1) is 5.92 Å². The predicted octanol–water partition coefficient (Wildman–Crippen LogP) is 5.11. The van der Waals surface area contributed by atoms with Crippen LogP contribution in [-0.4, -0.2) is 18.7 Å². The molecule has 0 aliphatic rings. The molecule has 3 rings (SSSR count). The fraction of sp³-hybridized carbons (Fsp3) is 0.333. The van der Waals surface area contributed by atoms with Crippen molar-refractivity contribution in [1.29, 1.82) is 0 Å². The second kappa shape index (κ2) is 9.48. The molecular formula is C24H26O6. The topological polar surface area (TPSA) is 75.0 Å². The predicted molar refractivity (Wildman–Crippen MR) is 114 cm³/mol. The van der Waals surface area contributed by atoms with Crippen molar-refractivity contribution in [2.75, 3.05) is 6.61 Å². The standard InChI is InChI=1S/C24H26O6/c1-5-17-6-8-18(9-7-17)30-22-14-27-21-12-19(10-11-20(21)23(22)25)29-16(4)24(26)28-13-15(2)3/h6-12,14-16H,5,13H2,1-4H3/t16-/m0/s1. The monoisotopic (exact) mass is 410 g/mol. The largest absolute Gasteiger partial charge is 0.479 e. The van der Waals surface area contributed by atoms with Gasteiger partial charge in [-0.15, -0.1) is 0 Å². The fourth-order valence-corrected chi connectivity index (χ4v) is 2.77. The van der Waals surface area contributed by atoms with E-state index in [0.717, 1.165) is 6.42 Å². The molecule has 0 unspecified atom stereocenters. The smallest absolute Gasteiger partial charge is 0.347 e. The average Bonchev–Trinajstić information content (AvgIpc) is 2.74. The van der Waals surface area contributed by atoms with Crippen molar-refractivity contribution in [2.45, 2.75) is 40.2 Å². The molecule has 158 valence electrons. The maximum absolute atomic E-state index is 12.7. The molecule has 0 bridgehead atoms. The van der Waals surface area contributed by atoms with Gasteiger partial charge in [-0.25, -0.2) is 4.79 Å². The summed E-state index contributed by atoms with van der Waals surface area (Å²) in [5.74, 6) is 0.877. The minimum absolute atomic E-state index is 0.103. The van der Waals surface area contributed by atoms with Crippen molar-refractivity contribution in [1.82, 2.24) is 0 Å². The Labute approximate surface area is 175 Å².